The standard InChI is InChI=1S/C20H23NO5/c1-3-15-9-5-6-10-16(15)21-19(22)13-26-20(23)14-25-18-12-8-7-11-17(18)24-4-2/h5-12H,3-4,13-14H2,1-2H3,(H,21,22). The second kappa shape index (κ2) is 10.1. The molecular formula is C20H23NO5. The van der Waals surface area contributed by atoms with Gasteiger partial charge in [-0.1, -0.05) is 37.3 Å². The molecule has 0 aromatic heterocycles. The summed E-state index contributed by atoms with van der Waals surface area (Å²) in [6.07, 6.45) is 0.795. The fourth-order valence-electron chi connectivity index (χ4n) is 2.31. The number of ether oxygens (including phenoxy) is 3. The second-order valence-corrected chi connectivity index (χ2v) is 5.39. The summed E-state index contributed by atoms with van der Waals surface area (Å²) in [6.45, 7) is 3.68. The fraction of sp³-hybridized carbons (Fsp3) is 0.300. The Balaban J connectivity index is 1.79. The first-order valence-electron chi connectivity index (χ1n) is 8.52. The van der Waals surface area contributed by atoms with Gasteiger partial charge in [0.15, 0.2) is 24.7 Å². The molecule has 2 rings (SSSR count). The number of rotatable bonds is 9. The number of nitrogens with one attached hydrogen (secondary N) is 1. The van der Waals surface area contributed by atoms with Crippen LogP contribution >= 0.6 is 0 Å². The lowest BCUT2D eigenvalue weighted by Gasteiger charge is -2.12. The van der Waals surface area contributed by atoms with Gasteiger partial charge in [-0.3, -0.25) is 4.79 Å². The Morgan fingerprint density at radius 2 is 1.54 bits per heavy atom. The maximum Gasteiger partial charge on any atom is 0.344 e. The highest BCUT2D eigenvalue weighted by molar-refractivity contribution is 5.93. The molecule has 0 saturated carbocycles. The largest absolute Gasteiger partial charge is 0.490 e. The van der Waals surface area contributed by atoms with E-state index in [9.17, 15) is 9.59 Å². The average molecular weight is 357 g/mol. The lowest BCUT2D eigenvalue weighted by atomic mass is 10.1. The highest BCUT2D eigenvalue weighted by atomic mass is 16.6. The fourth-order valence-corrected chi connectivity index (χ4v) is 2.31. The van der Waals surface area contributed by atoms with Crippen molar-refractivity contribution in [1.29, 1.82) is 0 Å². The number of esters is 1. The van der Waals surface area contributed by atoms with E-state index in [0.717, 1.165) is 17.7 Å². The second-order valence-electron chi connectivity index (χ2n) is 5.39. The molecule has 0 saturated heterocycles. The van der Waals surface area contributed by atoms with Gasteiger partial charge in [0.2, 0.25) is 0 Å². The van der Waals surface area contributed by atoms with E-state index >= 15 is 0 Å². The number of carbonyl (C=O) groups is 2. The van der Waals surface area contributed by atoms with Crippen LogP contribution < -0.4 is 14.8 Å². The van der Waals surface area contributed by atoms with E-state index in [4.69, 9.17) is 14.2 Å². The molecule has 0 radical (unpaired) electrons. The van der Waals surface area contributed by atoms with Crippen LogP contribution in [0.3, 0.4) is 0 Å². The Morgan fingerprint density at radius 1 is 0.885 bits per heavy atom. The molecule has 0 aliphatic heterocycles. The molecule has 0 atom stereocenters. The molecule has 0 bridgehead atoms. The number of hydrogen-bond donors (Lipinski definition) is 1. The molecule has 6 nitrogen and oxygen atoms in total. The van der Waals surface area contributed by atoms with Crippen LogP contribution in [-0.2, 0) is 20.7 Å². The normalized spacial score (nSPS) is 10.1. The lowest BCUT2D eigenvalue weighted by Crippen LogP contribution is -2.24. The summed E-state index contributed by atoms with van der Waals surface area (Å²) < 4.78 is 15.8. The summed E-state index contributed by atoms with van der Waals surface area (Å²) in [5.41, 5.74) is 1.74. The minimum atomic E-state index is -0.629. The molecule has 1 N–H and O–H groups in total. The highest BCUT2D eigenvalue weighted by Crippen LogP contribution is 2.26. The van der Waals surface area contributed by atoms with Crippen LogP contribution in [0, 0.1) is 0 Å². The van der Waals surface area contributed by atoms with Crippen LogP contribution in [-0.4, -0.2) is 31.7 Å². The average Bonchev–Trinajstić information content (AvgIpc) is 2.66. The molecule has 0 aliphatic rings. The molecule has 0 unspecified atom stereocenters. The van der Waals surface area contributed by atoms with Crippen molar-refractivity contribution >= 4 is 17.6 Å². The van der Waals surface area contributed by atoms with Gasteiger partial charge < -0.3 is 19.5 Å². The van der Waals surface area contributed by atoms with E-state index < -0.39 is 11.9 Å². The Morgan fingerprint density at radius 3 is 2.23 bits per heavy atom. The molecule has 0 aliphatic carbocycles. The number of aryl methyl sites for hydroxylation is 1. The van der Waals surface area contributed by atoms with Gasteiger partial charge in [-0.05, 0) is 37.1 Å². The van der Waals surface area contributed by atoms with Crippen LogP contribution in [0.4, 0.5) is 5.69 Å². The summed E-state index contributed by atoms with van der Waals surface area (Å²) in [4.78, 5) is 23.7. The Bertz CT molecular complexity index is 744. The van der Waals surface area contributed by atoms with Crippen molar-refractivity contribution in [3.05, 3.63) is 54.1 Å². The lowest BCUT2D eigenvalue weighted by molar-refractivity contribution is -0.149. The van der Waals surface area contributed by atoms with E-state index in [-0.39, 0.29) is 13.2 Å². The third-order valence-corrected chi connectivity index (χ3v) is 3.53. The molecule has 0 spiro atoms. The Kier molecular flexibility index (Phi) is 7.49. The first-order valence-corrected chi connectivity index (χ1v) is 8.52. The van der Waals surface area contributed by atoms with Gasteiger partial charge in [0.05, 0.1) is 6.61 Å². The maximum absolute atomic E-state index is 11.9. The molecule has 0 heterocycles. The van der Waals surface area contributed by atoms with Gasteiger partial charge in [-0.15, -0.1) is 0 Å². The van der Waals surface area contributed by atoms with Crippen molar-refractivity contribution < 1.29 is 23.8 Å². The summed E-state index contributed by atoms with van der Waals surface area (Å²) in [6, 6.07) is 14.5. The van der Waals surface area contributed by atoms with Crippen LogP contribution in [0.25, 0.3) is 0 Å². The van der Waals surface area contributed by atoms with Crippen molar-refractivity contribution in [2.75, 3.05) is 25.1 Å². The number of benzene rings is 2. The van der Waals surface area contributed by atoms with Crippen molar-refractivity contribution in [3.8, 4) is 11.5 Å². The monoisotopic (exact) mass is 357 g/mol. The van der Waals surface area contributed by atoms with Crippen LogP contribution in [0.1, 0.15) is 19.4 Å². The minimum Gasteiger partial charge on any atom is -0.490 e. The Hall–Kier alpha value is -3.02. The number of amides is 1. The van der Waals surface area contributed by atoms with Gasteiger partial charge in [0, 0.05) is 5.69 Å². The van der Waals surface area contributed by atoms with Gasteiger partial charge >= 0.3 is 5.97 Å². The molecule has 138 valence electrons. The molecule has 0 fully saturated rings. The summed E-state index contributed by atoms with van der Waals surface area (Å²) >= 11 is 0. The quantitative estimate of drug-likeness (QED) is 0.698. The summed E-state index contributed by atoms with van der Waals surface area (Å²) in [5.74, 6) is -0.0199. The van der Waals surface area contributed by atoms with Crippen LogP contribution in [0.5, 0.6) is 11.5 Å². The summed E-state index contributed by atoms with van der Waals surface area (Å²) in [5, 5.41) is 2.74. The Labute approximate surface area is 153 Å². The zero-order chi connectivity index (χ0) is 18.8. The highest BCUT2D eigenvalue weighted by Gasteiger charge is 2.11. The topological polar surface area (TPSA) is 73.9 Å². The minimum absolute atomic E-state index is 0.303. The number of anilines is 1. The zero-order valence-corrected chi connectivity index (χ0v) is 15.0. The van der Waals surface area contributed by atoms with E-state index in [1.807, 2.05) is 44.2 Å². The van der Waals surface area contributed by atoms with Crippen LogP contribution in [0.15, 0.2) is 48.5 Å². The predicted octanol–water partition coefficient (Wildman–Crippen LogP) is 3.21. The van der Waals surface area contributed by atoms with Gasteiger partial charge in [0.25, 0.3) is 5.91 Å². The molecule has 26 heavy (non-hydrogen) atoms. The van der Waals surface area contributed by atoms with Crippen molar-refractivity contribution in [2.45, 2.75) is 20.3 Å². The van der Waals surface area contributed by atoms with Gasteiger partial charge in [0.1, 0.15) is 0 Å². The number of para-hydroxylation sites is 3. The van der Waals surface area contributed by atoms with Gasteiger partial charge in [-0.2, -0.15) is 0 Å². The van der Waals surface area contributed by atoms with E-state index in [2.05, 4.69) is 5.32 Å². The van der Waals surface area contributed by atoms with E-state index in [0.29, 0.717) is 18.1 Å². The molecule has 1 amide bonds. The molecule has 2 aromatic carbocycles. The van der Waals surface area contributed by atoms with Crippen molar-refractivity contribution in [3.63, 3.8) is 0 Å². The first kappa shape index (κ1) is 19.3. The number of carbonyl (C=O) groups excluding carboxylic acids is 2. The van der Waals surface area contributed by atoms with E-state index in [1.54, 1.807) is 18.2 Å². The third kappa shape index (κ3) is 5.81. The smallest absolute Gasteiger partial charge is 0.344 e. The molecule has 2 aromatic rings. The first-order chi connectivity index (χ1) is 12.6. The van der Waals surface area contributed by atoms with E-state index in [1.165, 1.54) is 0 Å². The molecular weight excluding hydrogens is 334 g/mol. The van der Waals surface area contributed by atoms with Gasteiger partial charge in [-0.25, -0.2) is 4.79 Å². The number of hydrogen-bond acceptors (Lipinski definition) is 5. The van der Waals surface area contributed by atoms with Crippen molar-refractivity contribution in [1.82, 2.24) is 0 Å². The predicted molar refractivity (Wildman–Crippen MR) is 98.5 cm³/mol. The maximum atomic E-state index is 11.9. The SMILES string of the molecule is CCOc1ccccc1OCC(=O)OCC(=O)Nc1ccccc1CC. The third-order valence-electron chi connectivity index (χ3n) is 3.53. The zero-order valence-electron chi connectivity index (χ0n) is 15.0. The van der Waals surface area contributed by atoms with Crippen molar-refractivity contribution in [2.24, 2.45) is 0 Å². The van der Waals surface area contributed by atoms with Crippen LogP contribution in [0.2, 0.25) is 0 Å². The molecule has 6 heteroatoms. The summed E-state index contributed by atoms with van der Waals surface area (Å²) in [7, 11) is 0.